The summed E-state index contributed by atoms with van der Waals surface area (Å²) in [6.45, 7) is 5.04. The van der Waals surface area contributed by atoms with Crippen molar-refractivity contribution in [3.8, 4) is 0 Å². The van der Waals surface area contributed by atoms with E-state index in [1.165, 1.54) is 0 Å². The quantitative estimate of drug-likeness (QED) is 0.877. The van der Waals surface area contributed by atoms with Crippen LogP contribution in [0.3, 0.4) is 0 Å². The van der Waals surface area contributed by atoms with E-state index in [0.29, 0.717) is 13.2 Å². The number of methoxy groups -OCH3 is 1. The van der Waals surface area contributed by atoms with Crippen molar-refractivity contribution in [3.63, 3.8) is 0 Å². The number of carbonyl (C=O) groups is 1. The maximum Gasteiger partial charge on any atom is 0.225 e. The van der Waals surface area contributed by atoms with Gasteiger partial charge in [-0.3, -0.25) is 9.69 Å². The minimum absolute atomic E-state index is 0.0111. The third-order valence-corrected chi connectivity index (χ3v) is 4.24. The van der Waals surface area contributed by atoms with Gasteiger partial charge < -0.3 is 10.1 Å². The van der Waals surface area contributed by atoms with Crippen LogP contribution in [0.25, 0.3) is 0 Å². The van der Waals surface area contributed by atoms with E-state index in [4.69, 9.17) is 16.3 Å². The Labute approximate surface area is 131 Å². The molecule has 1 fully saturated rings. The van der Waals surface area contributed by atoms with Gasteiger partial charge in [0.15, 0.2) is 0 Å². The normalized spacial score (nSPS) is 22.4. The molecule has 1 amide bonds. The second-order valence-corrected chi connectivity index (χ2v) is 5.75. The number of amides is 1. The third kappa shape index (κ3) is 3.96. The van der Waals surface area contributed by atoms with Crippen LogP contribution >= 0.6 is 11.6 Å². The highest BCUT2D eigenvalue weighted by molar-refractivity contribution is 6.30. The molecule has 0 aliphatic carbocycles. The van der Waals surface area contributed by atoms with E-state index in [0.717, 1.165) is 30.1 Å². The molecule has 0 saturated carbocycles. The molecule has 5 heteroatoms. The molecule has 0 bridgehead atoms. The zero-order valence-corrected chi connectivity index (χ0v) is 13.4. The number of likely N-dealkylation sites (tertiary alicyclic amines) is 1. The van der Waals surface area contributed by atoms with E-state index in [1.54, 1.807) is 7.11 Å². The predicted molar refractivity (Wildman–Crippen MR) is 84.4 cm³/mol. The Morgan fingerprint density at radius 1 is 1.43 bits per heavy atom. The fourth-order valence-corrected chi connectivity index (χ4v) is 3.12. The van der Waals surface area contributed by atoms with Gasteiger partial charge in [0.1, 0.15) is 0 Å². The van der Waals surface area contributed by atoms with E-state index >= 15 is 0 Å². The van der Waals surface area contributed by atoms with Gasteiger partial charge in [0.05, 0.1) is 12.5 Å². The molecule has 1 aliphatic rings. The summed E-state index contributed by atoms with van der Waals surface area (Å²) in [7, 11) is 1.70. The lowest BCUT2D eigenvalue weighted by molar-refractivity contribution is -0.125. The van der Waals surface area contributed by atoms with Crippen LogP contribution in [0.4, 0.5) is 0 Å². The van der Waals surface area contributed by atoms with Crippen LogP contribution in [0.1, 0.15) is 24.9 Å². The largest absolute Gasteiger partial charge is 0.383 e. The van der Waals surface area contributed by atoms with Crippen LogP contribution in [0.15, 0.2) is 24.3 Å². The average molecular weight is 311 g/mol. The molecule has 1 aromatic carbocycles. The first kappa shape index (κ1) is 16.3. The molecule has 2 atom stereocenters. The Kier molecular flexibility index (Phi) is 6.03. The van der Waals surface area contributed by atoms with Gasteiger partial charge in [-0.15, -0.1) is 0 Å². The maximum atomic E-state index is 12.3. The van der Waals surface area contributed by atoms with Crippen molar-refractivity contribution in [3.05, 3.63) is 34.9 Å². The fourth-order valence-electron chi connectivity index (χ4n) is 3.00. The summed E-state index contributed by atoms with van der Waals surface area (Å²) in [6, 6.07) is 7.91. The molecule has 2 rings (SSSR count). The smallest absolute Gasteiger partial charge is 0.225 e. The molecular weight excluding hydrogens is 288 g/mol. The summed E-state index contributed by atoms with van der Waals surface area (Å²) in [5.74, 6) is 0.125. The summed E-state index contributed by atoms with van der Waals surface area (Å²) in [5, 5.41) is 3.67. The minimum Gasteiger partial charge on any atom is -0.383 e. The van der Waals surface area contributed by atoms with Crippen molar-refractivity contribution >= 4 is 17.5 Å². The van der Waals surface area contributed by atoms with Gasteiger partial charge >= 0.3 is 0 Å². The number of carbonyl (C=O) groups excluding carboxylic acids is 1. The lowest BCUT2D eigenvalue weighted by Gasteiger charge is -2.28. The third-order valence-electron chi connectivity index (χ3n) is 3.98. The number of hydrogen-bond donors (Lipinski definition) is 1. The zero-order valence-electron chi connectivity index (χ0n) is 12.6. The molecule has 1 N–H and O–H groups in total. The summed E-state index contributed by atoms with van der Waals surface area (Å²) in [5.41, 5.74) is 1.14. The molecule has 1 heterocycles. The minimum atomic E-state index is -0.0111. The van der Waals surface area contributed by atoms with Gasteiger partial charge in [0.25, 0.3) is 0 Å². The Bertz CT molecular complexity index is 464. The van der Waals surface area contributed by atoms with Crippen LogP contribution in [-0.4, -0.2) is 44.2 Å². The zero-order chi connectivity index (χ0) is 15.2. The van der Waals surface area contributed by atoms with Crippen LogP contribution in [0, 0.1) is 5.92 Å². The van der Waals surface area contributed by atoms with Gasteiger partial charge in [-0.1, -0.05) is 23.7 Å². The first-order valence-electron chi connectivity index (χ1n) is 7.43. The van der Waals surface area contributed by atoms with E-state index in [9.17, 15) is 4.79 Å². The van der Waals surface area contributed by atoms with Crippen molar-refractivity contribution in [2.45, 2.75) is 19.4 Å². The molecule has 21 heavy (non-hydrogen) atoms. The van der Waals surface area contributed by atoms with Gasteiger partial charge in [-0.25, -0.2) is 0 Å². The Morgan fingerprint density at radius 3 is 2.76 bits per heavy atom. The number of rotatable bonds is 6. The fraction of sp³-hybridized carbons (Fsp3) is 0.562. The van der Waals surface area contributed by atoms with Crippen molar-refractivity contribution in [1.82, 2.24) is 10.2 Å². The van der Waals surface area contributed by atoms with E-state index in [-0.39, 0.29) is 17.9 Å². The SMILES string of the molecule is CCNC(=O)[C@H]1CCN(CCOC)[C@@H]1c1ccc(Cl)cc1. The van der Waals surface area contributed by atoms with Gasteiger partial charge in [0, 0.05) is 31.3 Å². The van der Waals surface area contributed by atoms with Crippen molar-refractivity contribution in [2.75, 3.05) is 33.4 Å². The standard InChI is InChI=1S/C16H23ClN2O2/c1-3-18-16(20)14-8-9-19(10-11-21-2)15(14)12-4-6-13(17)7-5-12/h4-7,14-15H,3,8-11H2,1-2H3,(H,18,20)/t14-,15+/m0/s1. The summed E-state index contributed by atoms with van der Waals surface area (Å²) in [6.07, 6.45) is 0.878. The second-order valence-electron chi connectivity index (χ2n) is 5.31. The van der Waals surface area contributed by atoms with Crippen LogP contribution < -0.4 is 5.32 Å². The molecule has 1 aromatic rings. The Balaban J connectivity index is 2.21. The lowest BCUT2D eigenvalue weighted by atomic mass is 9.93. The summed E-state index contributed by atoms with van der Waals surface area (Å²) in [4.78, 5) is 14.6. The van der Waals surface area contributed by atoms with Crippen LogP contribution in [0.2, 0.25) is 5.02 Å². The Morgan fingerprint density at radius 2 is 2.14 bits per heavy atom. The number of halogens is 1. The van der Waals surface area contributed by atoms with Gasteiger partial charge in [-0.05, 0) is 37.6 Å². The molecular formula is C16H23ClN2O2. The summed E-state index contributed by atoms with van der Waals surface area (Å²) < 4.78 is 5.19. The summed E-state index contributed by atoms with van der Waals surface area (Å²) >= 11 is 5.97. The maximum absolute atomic E-state index is 12.3. The monoisotopic (exact) mass is 310 g/mol. The second kappa shape index (κ2) is 7.78. The predicted octanol–water partition coefficient (Wildman–Crippen LogP) is 2.49. The molecule has 116 valence electrons. The van der Waals surface area contributed by atoms with Crippen molar-refractivity contribution < 1.29 is 9.53 Å². The molecule has 0 radical (unpaired) electrons. The Hall–Kier alpha value is -1.10. The number of ether oxygens (including phenoxy) is 1. The van der Waals surface area contributed by atoms with Crippen LogP contribution in [-0.2, 0) is 9.53 Å². The number of nitrogens with one attached hydrogen (secondary N) is 1. The number of hydrogen-bond acceptors (Lipinski definition) is 3. The van der Waals surface area contributed by atoms with Crippen molar-refractivity contribution in [2.24, 2.45) is 5.92 Å². The number of benzene rings is 1. The number of nitrogens with zero attached hydrogens (tertiary/aromatic N) is 1. The molecule has 1 aliphatic heterocycles. The topological polar surface area (TPSA) is 41.6 Å². The van der Waals surface area contributed by atoms with Gasteiger partial charge in [0.2, 0.25) is 5.91 Å². The van der Waals surface area contributed by atoms with E-state index in [2.05, 4.69) is 10.2 Å². The van der Waals surface area contributed by atoms with E-state index < -0.39 is 0 Å². The lowest BCUT2D eigenvalue weighted by Crippen LogP contribution is -2.36. The molecule has 0 unspecified atom stereocenters. The molecule has 0 spiro atoms. The first-order valence-corrected chi connectivity index (χ1v) is 7.81. The molecule has 4 nitrogen and oxygen atoms in total. The highest BCUT2D eigenvalue weighted by atomic mass is 35.5. The highest BCUT2D eigenvalue weighted by Gasteiger charge is 2.39. The molecule has 1 saturated heterocycles. The van der Waals surface area contributed by atoms with Gasteiger partial charge in [-0.2, -0.15) is 0 Å². The van der Waals surface area contributed by atoms with Crippen molar-refractivity contribution in [1.29, 1.82) is 0 Å². The van der Waals surface area contributed by atoms with E-state index in [1.807, 2.05) is 31.2 Å². The first-order chi connectivity index (χ1) is 10.2. The molecule has 0 aromatic heterocycles. The average Bonchev–Trinajstić information content (AvgIpc) is 2.90. The van der Waals surface area contributed by atoms with Crippen LogP contribution in [0.5, 0.6) is 0 Å². The highest BCUT2D eigenvalue weighted by Crippen LogP contribution is 2.37.